The standard InChI is InChI=1S/C14H18N2O3/c1-18-11-12-10-14(17)16(15-12)8-5-9-19-13-6-3-2-4-7-13/h2-4,6-7,10,15H,5,8-9,11H2,1H3. The highest BCUT2D eigenvalue weighted by Crippen LogP contribution is 2.08. The fraction of sp³-hybridized carbons (Fsp3) is 0.357. The Kier molecular flexibility index (Phi) is 4.80. The van der Waals surface area contributed by atoms with Gasteiger partial charge in [-0.25, -0.2) is 0 Å². The van der Waals surface area contributed by atoms with Gasteiger partial charge in [-0.1, -0.05) is 18.2 Å². The first kappa shape index (κ1) is 13.4. The SMILES string of the molecule is COCc1cc(=O)n(CCCOc2ccccc2)[nH]1. The molecule has 0 aliphatic heterocycles. The first-order chi connectivity index (χ1) is 9.29. The number of methoxy groups -OCH3 is 1. The van der Waals surface area contributed by atoms with Crippen LogP contribution in [-0.2, 0) is 17.9 Å². The van der Waals surface area contributed by atoms with E-state index >= 15 is 0 Å². The van der Waals surface area contributed by atoms with Crippen molar-refractivity contribution in [3.63, 3.8) is 0 Å². The van der Waals surface area contributed by atoms with E-state index in [-0.39, 0.29) is 5.56 Å². The fourth-order valence-electron chi connectivity index (χ4n) is 1.81. The van der Waals surface area contributed by atoms with Gasteiger partial charge in [0.25, 0.3) is 5.56 Å². The van der Waals surface area contributed by atoms with Gasteiger partial charge in [0.05, 0.1) is 18.9 Å². The number of nitrogens with zero attached hydrogens (tertiary/aromatic N) is 1. The van der Waals surface area contributed by atoms with Crippen LogP contribution in [0.15, 0.2) is 41.2 Å². The molecule has 2 rings (SSSR count). The second kappa shape index (κ2) is 6.80. The van der Waals surface area contributed by atoms with Gasteiger partial charge in [0.2, 0.25) is 0 Å². The lowest BCUT2D eigenvalue weighted by molar-refractivity contribution is 0.180. The molecule has 0 bridgehead atoms. The number of hydrogen-bond donors (Lipinski definition) is 1. The van der Waals surface area contributed by atoms with Crippen molar-refractivity contribution in [3.8, 4) is 5.75 Å². The topological polar surface area (TPSA) is 56.2 Å². The Morgan fingerprint density at radius 1 is 1.26 bits per heavy atom. The normalized spacial score (nSPS) is 10.6. The maximum atomic E-state index is 11.6. The van der Waals surface area contributed by atoms with E-state index in [1.807, 2.05) is 30.3 Å². The Hall–Kier alpha value is -2.01. The Morgan fingerprint density at radius 3 is 2.79 bits per heavy atom. The van der Waals surface area contributed by atoms with Crippen molar-refractivity contribution in [2.75, 3.05) is 13.7 Å². The molecule has 5 nitrogen and oxygen atoms in total. The number of aromatic amines is 1. The van der Waals surface area contributed by atoms with Crippen molar-refractivity contribution in [1.82, 2.24) is 9.78 Å². The Labute approximate surface area is 111 Å². The third-order valence-electron chi connectivity index (χ3n) is 2.68. The van der Waals surface area contributed by atoms with Gasteiger partial charge >= 0.3 is 0 Å². The van der Waals surface area contributed by atoms with Gasteiger partial charge in [0.1, 0.15) is 5.75 Å². The molecular formula is C14H18N2O3. The Balaban J connectivity index is 1.78. The van der Waals surface area contributed by atoms with Crippen molar-refractivity contribution in [2.24, 2.45) is 0 Å². The summed E-state index contributed by atoms with van der Waals surface area (Å²) in [5, 5.41) is 3.00. The highest BCUT2D eigenvalue weighted by molar-refractivity contribution is 5.20. The molecule has 1 N–H and O–H groups in total. The number of nitrogens with one attached hydrogen (secondary N) is 1. The third kappa shape index (κ3) is 3.99. The van der Waals surface area contributed by atoms with Crippen LogP contribution in [-0.4, -0.2) is 23.5 Å². The molecule has 0 saturated heterocycles. The van der Waals surface area contributed by atoms with E-state index in [0.29, 0.717) is 19.8 Å². The lowest BCUT2D eigenvalue weighted by atomic mass is 10.3. The maximum absolute atomic E-state index is 11.6. The largest absolute Gasteiger partial charge is 0.494 e. The summed E-state index contributed by atoms with van der Waals surface area (Å²) in [5.74, 6) is 0.849. The minimum atomic E-state index is -0.0354. The van der Waals surface area contributed by atoms with Crippen molar-refractivity contribution >= 4 is 0 Å². The molecule has 0 aliphatic rings. The molecule has 102 valence electrons. The number of H-pyrrole nitrogens is 1. The number of aromatic nitrogens is 2. The quantitative estimate of drug-likeness (QED) is 0.774. The van der Waals surface area contributed by atoms with Crippen LogP contribution >= 0.6 is 0 Å². The molecule has 0 amide bonds. The van der Waals surface area contributed by atoms with Crippen LogP contribution in [0, 0.1) is 0 Å². The zero-order valence-electron chi connectivity index (χ0n) is 11.0. The maximum Gasteiger partial charge on any atom is 0.266 e. The number of aryl methyl sites for hydroxylation is 1. The fourth-order valence-corrected chi connectivity index (χ4v) is 1.81. The van der Waals surface area contributed by atoms with E-state index in [2.05, 4.69) is 5.10 Å². The molecule has 0 aliphatic carbocycles. The first-order valence-electron chi connectivity index (χ1n) is 6.25. The van der Waals surface area contributed by atoms with Crippen LogP contribution in [0.3, 0.4) is 0 Å². The van der Waals surface area contributed by atoms with Crippen molar-refractivity contribution in [1.29, 1.82) is 0 Å². The zero-order valence-corrected chi connectivity index (χ0v) is 11.0. The second-order valence-electron chi connectivity index (χ2n) is 4.22. The summed E-state index contributed by atoms with van der Waals surface area (Å²) >= 11 is 0. The molecule has 2 aromatic rings. The zero-order chi connectivity index (χ0) is 13.5. The van der Waals surface area contributed by atoms with E-state index < -0.39 is 0 Å². The molecule has 5 heteroatoms. The molecule has 1 aromatic carbocycles. The van der Waals surface area contributed by atoms with Crippen LogP contribution in [0.4, 0.5) is 0 Å². The van der Waals surface area contributed by atoms with E-state index in [1.165, 1.54) is 0 Å². The van der Waals surface area contributed by atoms with Crippen molar-refractivity contribution in [2.45, 2.75) is 19.6 Å². The van der Waals surface area contributed by atoms with Crippen LogP contribution in [0.5, 0.6) is 5.75 Å². The molecular weight excluding hydrogens is 244 g/mol. The molecule has 0 radical (unpaired) electrons. The molecule has 0 unspecified atom stereocenters. The van der Waals surface area contributed by atoms with Gasteiger partial charge in [-0.15, -0.1) is 0 Å². The Bertz CT molecular complexity index is 545. The average molecular weight is 262 g/mol. The second-order valence-corrected chi connectivity index (χ2v) is 4.22. The van der Waals surface area contributed by atoms with Crippen LogP contribution in [0.1, 0.15) is 12.1 Å². The minimum absolute atomic E-state index is 0.0354. The number of para-hydroxylation sites is 1. The number of hydrogen-bond acceptors (Lipinski definition) is 3. The summed E-state index contributed by atoms with van der Waals surface area (Å²) in [4.78, 5) is 11.6. The Morgan fingerprint density at radius 2 is 2.05 bits per heavy atom. The molecule has 19 heavy (non-hydrogen) atoms. The first-order valence-corrected chi connectivity index (χ1v) is 6.25. The summed E-state index contributed by atoms with van der Waals surface area (Å²) in [5.41, 5.74) is 0.753. The van der Waals surface area contributed by atoms with Gasteiger partial charge in [-0.3, -0.25) is 14.6 Å². The van der Waals surface area contributed by atoms with Gasteiger partial charge in [-0.2, -0.15) is 0 Å². The third-order valence-corrected chi connectivity index (χ3v) is 2.68. The smallest absolute Gasteiger partial charge is 0.266 e. The summed E-state index contributed by atoms with van der Waals surface area (Å²) in [6.45, 7) is 1.60. The van der Waals surface area contributed by atoms with E-state index in [1.54, 1.807) is 17.9 Å². The predicted octanol–water partition coefficient (Wildman–Crippen LogP) is 1.79. The molecule has 0 spiro atoms. The van der Waals surface area contributed by atoms with E-state index in [0.717, 1.165) is 17.9 Å². The summed E-state index contributed by atoms with van der Waals surface area (Å²) < 4.78 is 12.1. The van der Waals surface area contributed by atoms with Crippen LogP contribution in [0.25, 0.3) is 0 Å². The van der Waals surface area contributed by atoms with Gasteiger partial charge in [0, 0.05) is 26.1 Å². The number of ether oxygens (including phenoxy) is 2. The summed E-state index contributed by atoms with van der Waals surface area (Å²) in [7, 11) is 1.60. The number of benzene rings is 1. The summed E-state index contributed by atoms with van der Waals surface area (Å²) in [6.07, 6.45) is 0.766. The van der Waals surface area contributed by atoms with Crippen molar-refractivity contribution in [3.05, 3.63) is 52.4 Å². The average Bonchev–Trinajstić information content (AvgIpc) is 2.77. The molecule has 0 fully saturated rings. The van der Waals surface area contributed by atoms with E-state index in [4.69, 9.17) is 9.47 Å². The molecule has 0 atom stereocenters. The molecule has 0 saturated carbocycles. The van der Waals surface area contributed by atoms with E-state index in [9.17, 15) is 4.79 Å². The molecule has 1 aromatic heterocycles. The highest BCUT2D eigenvalue weighted by atomic mass is 16.5. The lowest BCUT2D eigenvalue weighted by Crippen LogP contribution is -2.17. The highest BCUT2D eigenvalue weighted by Gasteiger charge is 2.02. The molecule has 1 heterocycles. The van der Waals surface area contributed by atoms with Crippen LogP contribution in [0.2, 0.25) is 0 Å². The van der Waals surface area contributed by atoms with Crippen molar-refractivity contribution < 1.29 is 9.47 Å². The monoisotopic (exact) mass is 262 g/mol. The number of rotatable bonds is 7. The predicted molar refractivity (Wildman–Crippen MR) is 72.3 cm³/mol. The van der Waals surface area contributed by atoms with Gasteiger partial charge in [0.15, 0.2) is 0 Å². The summed E-state index contributed by atoms with van der Waals surface area (Å²) in [6, 6.07) is 11.2. The lowest BCUT2D eigenvalue weighted by Gasteiger charge is -2.06. The van der Waals surface area contributed by atoms with Crippen LogP contribution < -0.4 is 10.3 Å². The van der Waals surface area contributed by atoms with Gasteiger partial charge in [-0.05, 0) is 12.1 Å². The minimum Gasteiger partial charge on any atom is -0.494 e. The van der Waals surface area contributed by atoms with Gasteiger partial charge < -0.3 is 9.47 Å².